The zero-order valence-corrected chi connectivity index (χ0v) is 16.5. The Labute approximate surface area is 175 Å². The van der Waals surface area contributed by atoms with Crippen molar-refractivity contribution >= 4 is 9.84 Å². The van der Waals surface area contributed by atoms with Crippen molar-refractivity contribution in [3.8, 4) is 28.2 Å². The fraction of sp³-hybridized carbons (Fsp3) is 0.0455. The number of hydrogen-bond acceptors (Lipinski definition) is 3. The molecule has 9 heteroatoms. The fourth-order valence-electron chi connectivity index (χ4n) is 3.20. The number of benzene rings is 3. The van der Waals surface area contributed by atoms with E-state index in [4.69, 9.17) is 0 Å². The van der Waals surface area contributed by atoms with Gasteiger partial charge in [0, 0.05) is 11.1 Å². The van der Waals surface area contributed by atoms with Gasteiger partial charge in [0.1, 0.15) is 16.4 Å². The second kappa shape index (κ2) is 7.66. The van der Waals surface area contributed by atoms with Gasteiger partial charge >= 0.3 is 5.51 Å². The summed E-state index contributed by atoms with van der Waals surface area (Å²) in [5.41, 5.74) is -5.88. The van der Waals surface area contributed by atoms with E-state index in [9.17, 15) is 26.0 Å². The molecule has 0 N–H and O–H groups in total. The van der Waals surface area contributed by atoms with E-state index < -0.39 is 26.1 Å². The van der Waals surface area contributed by atoms with E-state index in [-0.39, 0.29) is 22.5 Å². The quantitative estimate of drug-likeness (QED) is 0.381. The largest absolute Gasteiger partial charge is 0.502 e. The normalized spacial score (nSPS) is 12.1. The van der Waals surface area contributed by atoms with Gasteiger partial charge in [0.15, 0.2) is 0 Å². The Kier molecular flexibility index (Phi) is 5.14. The lowest BCUT2D eigenvalue weighted by Crippen LogP contribution is -2.24. The number of sulfone groups is 1. The predicted molar refractivity (Wildman–Crippen MR) is 108 cm³/mol. The van der Waals surface area contributed by atoms with Crippen LogP contribution in [0.2, 0.25) is 0 Å². The number of rotatable bonds is 4. The summed E-state index contributed by atoms with van der Waals surface area (Å²) in [6, 6.07) is 20.5. The highest BCUT2D eigenvalue weighted by molar-refractivity contribution is 7.92. The molecule has 0 saturated heterocycles. The van der Waals surface area contributed by atoms with Crippen LogP contribution in [0.25, 0.3) is 28.2 Å². The van der Waals surface area contributed by atoms with Gasteiger partial charge < -0.3 is 0 Å². The highest BCUT2D eigenvalue weighted by Gasteiger charge is 2.51. The molecule has 158 valence electrons. The van der Waals surface area contributed by atoms with Crippen LogP contribution in [0.5, 0.6) is 0 Å². The van der Waals surface area contributed by atoms with Crippen LogP contribution < -0.4 is 0 Å². The molecule has 0 atom stereocenters. The summed E-state index contributed by atoms with van der Waals surface area (Å²) in [6.07, 6.45) is 0. The number of aromatic nitrogens is 2. The van der Waals surface area contributed by atoms with Crippen LogP contribution in [-0.4, -0.2) is 23.7 Å². The van der Waals surface area contributed by atoms with E-state index in [1.165, 1.54) is 24.3 Å². The molecular formula is C22H14F4N2O2S. The Morgan fingerprint density at radius 1 is 0.774 bits per heavy atom. The molecule has 4 rings (SSSR count). The van der Waals surface area contributed by atoms with Crippen molar-refractivity contribution in [1.82, 2.24) is 9.78 Å². The molecule has 4 nitrogen and oxygen atoms in total. The number of nitrogens with zero attached hydrogens (tertiary/aromatic N) is 2. The molecule has 1 heterocycles. The summed E-state index contributed by atoms with van der Waals surface area (Å²) in [6.45, 7) is 0. The summed E-state index contributed by atoms with van der Waals surface area (Å²) in [5.74, 6) is -0.727. The summed E-state index contributed by atoms with van der Waals surface area (Å²) < 4.78 is 81.6. The average Bonchev–Trinajstić information content (AvgIpc) is 3.16. The van der Waals surface area contributed by atoms with Gasteiger partial charge in [-0.2, -0.15) is 18.3 Å². The molecule has 0 aliphatic carbocycles. The predicted octanol–water partition coefficient (Wildman–Crippen LogP) is 5.64. The fourth-order valence-corrected chi connectivity index (χ4v) is 4.31. The van der Waals surface area contributed by atoms with Gasteiger partial charge in [-0.3, -0.25) is 0 Å². The van der Waals surface area contributed by atoms with Crippen LogP contribution >= 0.6 is 0 Å². The lowest BCUT2D eigenvalue weighted by atomic mass is 10.1. The SMILES string of the molecule is O=S(=O)(c1c(-c2ccccc2)nn(-c2ccccc2)c1-c1cccc(F)c1)C(F)(F)F. The molecular weight excluding hydrogens is 432 g/mol. The van der Waals surface area contributed by atoms with Crippen molar-refractivity contribution in [3.63, 3.8) is 0 Å². The first-order valence-electron chi connectivity index (χ1n) is 9.01. The van der Waals surface area contributed by atoms with Crippen LogP contribution in [0.1, 0.15) is 0 Å². The third kappa shape index (κ3) is 3.72. The lowest BCUT2D eigenvalue weighted by molar-refractivity contribution is -0.0435. The Hall–Kier alpha value is -3.46. The second-order valence-electron chi connectivity index (χ2n) is 6.60. The minimum absolute atomic E-state index is 0.0543. The topological polar surface area (TPSA) is 52.0 Å². The molecule has 0 unspecified atom stereocenters. The molecule has 4 aromatic rings. The molecule has 1 aromatic heterocycles. The van der Waals surface area contributed by atoms with Crippen molar-refractivity contribution in [2.24, 2.45) is 0 Å². The Morgan fingerprint density at radius 2 is 1.35 bits per heavy atom. The number of hydrogen-bond donors (Lipinski definition) is 0. The summed E-state index contributed by atoms with van der Waals surface area (Å²) in [7, 11) is -5.84. The maximum Gasteiger partial charge on any atom is 0.502 e. The maximum atomic E-state index is 14.0. The smallest absolute Gasteiger partial charge is 0.231 e. The summed E-state index contributed by atoms with van der Waals surface area (Å²) >= 11 is 0. The van der Waals surface area contributed by atoms with E-state index in [1.807, 2.05) is 0 Å². The van der Waals surface area contributed by atoms with Crippen molar-refractivity contribution in [1.29, 1.82) is 0 Å². The minimum Gasteiger partial charge on any atom is -0.231 e. The van der Waals surface area contributed by atoms with Crippen molar-refractivity contribution in [2.75, 3.05) is 0 Å². The Balaban J connectivity index is 2.18. The molecule has 0 amide bonds. The molecule has 0 aliphatic rings. The molecule has 0 bridgehead atoms. The zero-order valence-electron chi connectivity index (χ0n) is 15.7. The van der Waals surface area contributed by atoms with Gasteiger partial charge in [0.25, 0.3) is 9.84 Å². The van der Waals surface area contributed by atoms with Crippen molar-refractivity contribution in [2.45, 2.75) is 10.4 Å². The average molecular weight is 446 g/mol. The molecule has 0 aliphatic heterocycles. The van der Waals surface area contributed by atoms with Gasteiger partial charge in [-0.05, 0) is 24.3 Å². The monoisotopic (exact) mass is 446 g/mol. The van der Waals surface area contributed by atoms with Gasteiger partial charge in [-0.1, -0.05) is 60.7 Å². The first-order valence-corrected chi connectivity index (χ1v) is 10.5. The first-order chi connectivity index (χ1) is 14.7. The van der Waals surface area contributed by atoms with Gasteiger partial charge in [-0.25, -0.2) is 17.5 Å². The minimum atomic E-state index is -5.84. The van der Waals surface area contributed by atoms with E-state index in [2.05, 4.69) is 5.10 Å². The Bertz CT molecular complexity index is 1330. The molecule has 0 saturated carbocycles. The van der Waals surface area contributed by atoms with Crippen molar-refractivity contribution in [3.05, 3.63) is 90.7 Å². The van der Waals surface area contributed by atoms with Crippen LogP contribution in [0.4, 0.5) is 17.6 Å². The molecule has 31 heavy (non-hydrogen) atoms. The standard InChI is InChI=1S/C22H14F4N2O2S/c23-17-11-7-10-16(14-17)20-21(31(29,30)22(24,25)26)19(15-8-3-1-4-9-15)27-28(20)18-12-5-2-6-13-18/h1-14H. The van der Waals surface area contributed by atoms with Crippen molar-refractivity contribution < 1.29 is 26.0 Å². The highest BCUT2D eigenvalue weighted by Crippen LogP contribution is 2.43. The first kappa shape index (κ1) is 20.8. The number of para-hydroxylation sites is 1. The summed E-state index contributed by atoms with van der Waals surface area (Å²) in [5, 5.41) is 4.25. The van der Waals surface area contributed by atoms with Gasteiger partial charge in [0.2, 0.25) is 0 Å². The number of alkyl halides is 3. The van der Waals surface area contributed by atoms with Gasteiger partial charge in [0.05, 0.1) is 11.4 Å². The third-order valence-corrected chi connectivity index (χ3v) is 6.10. The Morgan fingerprint density at radius 3 is 1.94 bits per heavy atom. The van der Waals surface area contributed by atoms with E-state index >= 15 is 0 Å². The molecule has 3 aromatic carbocycles. The molecule has 0 radical (unpaired) electrons. The highest BCUT2D eigenvalue weighted by atomic mass is 32.2. The van der Waals surface area contributed by atoms with Crippen LogP contribution in [0.3, 0.4) is 0 Å². The van der Waals surface area contributed by atoms with E-state index in [0.29, 0.717) is 5.69 Å². The van der Waals surface area contributed by atoms with Crippen LogP contribution in [0.15, 0.2) is 89.8 Å². The van der Waals surface area contributed by atoms with Crippen LogP contribution in [0, 0.1) is 5.82 Å². The van der Waals surface area contributed by atoms with E-state index in [1.54, 1.807) is 48.5 Å². The van der Waals surface area contributed by atoms with E-state index in [0.717, 1.165) is 16.8 Å². The maximum absolute atomic E-state index is 14.0. The summed E-state index contributed by atoms with van der Waals surface area (Å²) in [4.78, 5) is -1.03. The molecule has 0 spiro atoms. The second-order valence-corrected chi connectivity index (χ2v) is 8.48. The van der Waals surface area contributed by atoms with Gasteiger partial charge in [-0.15, -0.1) is 0 Å². The number of halogens is 4. The lowest BCUT2D eigenvalue weighted by Gasteiger charge is -2.13. The zero-order chi connectivity index (χ0) is 22.2. The van der Waals surface area contributed by atoms with Crippen LogP contribution in [-0.2, 0) is 9.84 Å². The third-order valence-electron chi connectivity index (χ3n) is 4.56. The molecule has 0 fully saturated rings.